The van der Waals surface area contributed by atoms with Crippen molar-refractivity contribution in [3.8, 4) is 0 Å². The third kappa shape index (κ3) is 2.31. The first-order valence-corrected chi connectivity index (χ1v) is 6.20. The Labute approximate surface area is 111 Å². The molecule has 94 valence electrons. The van der Waals surface area contributed by atoms with Gasteiger partial charge in [0, 0.05) is 12.6 Å². The molecule has 0 amide bonds. The van der Waals surface area contributed by atoms with Gasteiger partial charge < -0.3 is 0 Å². The van der Waals surface area contributed by atoms with Crippen molar-refractivity contribution in [1.29, 1.82) is 0 Å². The number of aryl methyl sites for hydroxylation is 1. The highest BCUT2D eigenvalue weighted by molar-refractivity contribution is 6.34. The predicted molar refractivity (Wildman–Crippen MR) is 72.2 cm³/mol. The molecule has 1 heterocycles. The summed E-state index contributed by atoms with van der Waals surface area (Å²) in [6.45, 7) is 4.24. The summed E-state index contributed by atoms with van der Waals surface area (Å²) in [5.41, 5.74) is 2.27. The topological polar surface area (TPSA) is 34.9 Å². The second kappa shape index (κ2) is 4.94. The van der Waals surface area contributed by atoms with Crippen LogP contribution in [-0.4, -0.2) is 15.6 Å². The lowest BCUT2D eigenvalue weighted by atomic mass is 10.00. The summed E-state index contributed by atoms with van der Waals surface area (Å²) in [5.74, 6) is 0.352. The van der Waals surface area contributed by atoms with Crippen molar-refractivity contribution in [3.63, 3.8) is 0 Å². The zero-order chi connectivity index (χ0) is 13.3. The van der Waals surface area contributed by atoms with Gasteiger partial charge in [0.05, 0.1) is 11.2 Å². The molecule has 0 spiro atoms. The Hall–Kier alpha value is -1.61. The standard InChI is InChI=1S/C14H15ClN2O/c1-9(2)10-4-6-11(7-5-10)14(18)13-12(15)8-16-17(13)3/h4-9H,1-3H3. The van der Waals surface area contributed by atoms with Crippen LogP contribution in [0.25, 0.3) is 0 Å². The van der Waals surface area contributed by atoms with Crippen molar-refractivity contribution in [2.45, 2.75) is 19.8 Å². The molecular formula is C14H15ClN2O. The van der Waals surface area contributed by atoms with Gasteiger partial charge in [-0.2, -0.15) is 5.10 Å². The first-order chi connectivity index (χ1) is 8.50. The summed E-state index contributed by atoms with van der Waals surface area (Å²) in [7, 11) is 1.71. The number of nitrogens with zero attached hydrogens (tertiary/aromatic N) is 2. The Bertz CT molecular complexity index is 550. The first-order valence-electron chi connectivity index (χ1n) is 5.83. The average molecular weight is 263 g/mol. The van der Waals surface area contributed by atoms with Gasteiger partial charge in [-0.25, -0.2) is 0 Å². The maximum absolute atomic E-state index is 12.3. The maximum atomic E-state index is 12.3. The van der Waals surface area contributed by atoms with E-state index in [9.17, 15) is 4.79 Å². The van der Waals surface area contributed by atoms with Crippen molar-refractivity contribution in [2.24, 2.45) is 7.05 Å². The van der Waals surface area contributed by atoms with Gasteiger partial charge in [0.25, 0.3) is 0 Å². The average Bonchev–Trinajstić information content (AvgIpc) is 2.68. The van der Waals surface area contributed by atoms with E-state index in [0.717, 1.165) is 0 Å². The molecule has 2 rings (SSSR count). The van der Waals surface area contributed by atoms with Crippen molar-refractivity contribution >= 4 is 17.4 Å². The minimum Gasteiger partial charge on any atom is -0.287 e. The SMILES string of the molecule is CC(C)c1ccc(C(=O)c2c(Cl)cnn2C)cc1. The minimum absolute atomic E-state index is 0.102. The third-order valence-electron chi connectivity index (χ3n) is 2.95. The molecule has 0 aliphatic carbocycles. The van der Waals surface area contributed by atoms with Crippen LogP contribution in [0.15, 0.2) is 30.5 Å². The summed E-state index contributed by atoms with van der Waals surface area (Å²) in [4.78, 5) is 12.3. The minimum atomic E-state index is -0.102. The Morgan fingerprint density at radius 2 is 1.89 bits per heavy atom. The lowest BCUT2D eigenvalue weighted by molar-refractivity contribution is 0.103. The smallest absolute Gasteiger partial charge is 0.212 e. The summed E-state index contributed by atoms with van der Waals surface area (Å²) >= 11 is 5.97. The molecule has 0 aliphatic heterocycles. The Morgan fingerprint density at radius 1 is 1.28 bits per heavy atom. The maximum Gasteiger partial charge on any atom is 0.212 e. The van der Waals surface area contributed by atoms with Gasteiger partial charge in [-0.15, -0.1) is 0 Å². The Balaban J connectivity index is 2.35. The Morgan fingerprint density at radius 3 is 2.33 bits per heavy atom. The molecule has 0 fully saturated rings. The number of rotatable bonds is 3. The zero-order valence-corrected chi connectivity index (χ0v) is 11.4. The second-order valence-corrected chi connectivity index (χ2v) is 4.98. The van der Waals surface area contributed by atoms with Gasteiger partial charge in [-0.05, 0) is 11.5 Å². The predicted octanol–water partition coefficient (Wildman–Crippen LogP) is 3.43. The number of halogens is 1. The molecule has 0 saturated carbocycles. The second-order valence-electron chi connectivity index (χ2n) is 4.57. The van der Waals surface area contributed by atoms with Gasteiger partial charge in [-0.1, -0.05) is 49.7 Å². The van der Waals surface area contributed by atoms with Crippen LogP contribution in [0.2, 0.25) is 5.02 Å². The van der Waals surface area contributed by atoms with Crippen LogP contribution < -0.4 is 0 Å². The molecule has 0 saturated heterocycles. The van der Waals surface area contributed by atoms with E-state index in [-0.39, 0.29) is 5.78 Å². The quantitative estimate of drug-likeness (QED) is 0.795. The summed E-state index contributed by atoms with van der Waals surface area (Å²) in [6.07, 6.45) is 1.48. The molecule has 0 unspecified atom stereocenters. The van der Waals surface area contributed by atoms with E-state index in [1.54, 1.807) is 7.05 Å². The van der Waals surface area contributed by atoms with Crippen LogP contribution >= 0.6 is 11.6 Å². The third-order valence-corrected chi connectivity index (χ3v) is 3.23. The molecule has 1 aromatic heterocycles. The number of aromatic nitrogens is 2. The highest BCUT2D eigenvalue weighted by Crippen LogP contribution is 2.20. The van der Waals surface area contributed by atoms with Gasteiger partial charge in [-0.3, -0.25) is 9.48 Å². The zero-order valence-electron chi connectivity index (χ0n) is 10.6. The number of carbonyl (C=O) groups is 1. The summed E-state index contributed by atoms with van der Waals surface area (Å²) in [5, 5.41) is 4.36. The van der Waals surface area contributed by atoms with Crippen LogP contribution in [0.1, 0.15) is 41.4 Å². The largest absolute Gasteiger partial charge is 0.287 e. The molecular weight excluding hydrogens is 248 g/mol. The van der Waals surface area contributed by atoms with Crippen LogP contribution in [0.4, 0.5) is 0 Å². The van der Waals surface area contributed by atoms with Gasteiger partial charge in [0.1, 0.15) is 5.69 Å². The van der Waals surface area contributed by atoms with Crippen molar-refractivity contribution in [3.05, 3.63) is 52.3 Å². The Kier molecular flexibility index (Phi) is 3.53. The highest BCUT2D eigenvalue weighted by Gasteiger charge is 2.17. The number of carbonyl (C=O) groups excluding carboxylic acids is 1. The van der Waals surface area contributed by atoms with E-state index >= 15 is 0 Å². The summed E-state index contributed by atoms with van der Waals surface area (Å²) < 4.78 is 1.50. The number of benzene rings is 1. The number of ketones is 1. The van der Waals surface area contributed by atoms with Crippen molar-refractivity contribution in [2.75, 3.05) is 0 Å². The molecule has 0 atom stereocenters. The van der Waals surface area contributed by atoms with Crippen LogP contribution in [-0.2, 0) is 7.05 Å². The van der Waals surface area contributed by atoms with Crippen LogP contribution in [0.3, 0.4) is 0 Å². The van der Waals surface area contributed by atoms with Gasteiger partial charge >= 0.3 is 0 Å². The first kappa shape index (κ1) is 12.8. The fourth-order valence-electron chi connectivity index (χ4n) is 1.82. The molecule has 0 N–H and O–H groups in total. The lowest BCUT2D eigenvalue weighted by Crippen LogP contribution is -2.09. The van der Waals surface area contributed by atoms with Crippen LogP contribution in [0, 0.1) is 0 Å². The molecule has 0 aliphatic rings. The fraction of sp³-hybridized carbons (Fsp3) is 0.286. The molecule has 3 nitrogen and oxygen atoms in total. The number of hydrogen-bond acceptors (Lipinski definition) is 2. The molecule has 0 bridgehead atoms. The van der Waals surface area contributed by atoms with E-state index in [2.05, 4.69) is 18.9 Å². The van der Waals surface area contributed by atoms with E-state index in [1.807, 2.05) is 24.3 Å². The molecule has 1 aromatic carbocycles. The number of hydrogen-bond donors (Lipinski definition) is 0. The van der Waals surface area contributed by atoms with Crippen molar-refractivity contribution in [1.82, 2.24) is 9.78 Å². The van der Waals surface area contributed by atoms with E-state index in [0.29, 0.717) is 22.2 Å². The molecule has 0 radical (unpaired) electrons. The summed E-state index contributed by atoms with van der Waals surface area (Å²) in [6, 6.07) is 7.62. The van der Waals surface area contributed by atoms with Gasteiger partial charge in [0.2, 0.25) is 5.78 Å². The van der Waals surface area contributed by atoms with Crippen molar-refractivity contribution < 1.29 is 4.79 Å². The van der Waals surface area contributed by atoms with E-state index in [1.165, 1.54) is 16.4 Å². The molecule has 18 heavy (non-hydrogen) atoms. The monoisotopic (exact) mass is 262 g/mol. The molecule has 4 heteroatoms. The fourth-order valence-corrected chi connectivity index (χ4v) is 2.07. The molecule has 2 aromatic rings. The van der Waals surface area contributed by atoms with E-state index in [4.69, 9.17) is 11.6 Å². The van der Waals surface area contributed by atoms with E-state index < -0.39 is 0 Å². The highest BCUT2D eigenvalue weighted by atomic mass is 35.5. The normalized spacial score (nSPS) is 10.9. The van der Waals surface area contributed by atoms with Crippen LogP contribution in [0.5, 0.6) is 0 Å². The lowest BCUT2D eigenvalue weighted by Gasteiger charge is -2.07. The van der Waals surface area contributed by atoms with Gasteiger partial charge in [0.15, 0.2) is 0 Å².